The van der Waals surface area contributed by atoms with Gasteiger partial charge in [0, 0.05) is 23.1 Å². The summed E-state index contributed by atoms with van der Waals surface area (Å²) < 4.78 is 26.5. The Labute approximate surface area is 215 Å². The molecule has 1 aliphatic heterocycles. The highest BCUT2D eigenvalue weighted by molar-refractivity contribution is 7.90. The summed E-state index contributed by atoms with van der Waals surface area (Å²) >= 11 is 12.3. The minimum Gasteiger partial charge on any atom is -0.354 e. The van der Waals surface area contributed by atoms with Gasteiger partial charge in [-0.1, -0.05) is 62.2 Å². The highest BCUT2D eigenvalue weighted by Gasteiger charge is 2.43. The van der Waals surface area contributed by atoms with Gasteiger partial charge in [-0.3, -0.25) is 14.4 Å². The van der Waals surface area contributed by atoms with Crippen LogP contribution in [0.5, 0.6) is 0 Å². The van der Waals surface area contributed by atoms with Gasteiger partial charge in [-0.15, -0.1) is 0 Å². The number of amides is 3. The fraction of sp³-hybridized carbons (Fsp3) is 0.375. The number of fused-ring (bicyclic) bond motifs is 1. The van der Waals surface area contributed by atoms with Gasteiger partial charge in [0.25, 0.3) is 15.9 Å². The van der Waals surface area contributed by atoms with Crippen molar-refractivity contribution in [2.24, 2.45) is 5.92 Å². The van der Waals surface area contributed by atoms with E-state index in [0.29, 0.717) is 26.5 Å². The predicted molar refractivity (Wildman–Crippen MR) is 134 cm³/mol. The van der Waals surface area contributed by atoms with Crippen molar-refractivity contribution in [3.63, 3.8) is 0 Å². The number of nitrogens with zero attached hydrogens (tertiary/aromatic N) is 2. The number of sulfonamides is 1. The van der Waals surface area contributed by atoms with E-state index in [-0.39, 0.29) is 35.2 Å². The quantitative estimate of drug-likeness (QED) is 0.522. The first-order valence-electron chi connectivity index (χ1n) is 11.1. The van der Waals surface area contributed by atoms with Crippen LogP contribution in [0.2, 0.25) is 10.0 Å². The molecule has 8 nitrogen and oxygen atoms in total. The average molecular weight is 540 g/mol. The summed E-state index contributed by atoms with van der Waals surface area (Å²) in [6.45, 7) is 5.23. The Balaban J connectivity index is 1.94. The third-order valence-electron chi connectivity index (χ3n) is 5.62. The minimum atomic E-state index is -4.19. The molecule has 35 heavy (non-hydrogen) atoms. The fourth-order valence-electron chi connectivity index (χ4n) is 3.78. The molecule has 0 fully saturated rings. The number of carbonyl (C=O) groups is 3. The highest BCUT2D eigenvalue weighted by Crippen LogP contribution is 2.30. The van der Waals surface area contributed by atoms with Crippen LogP contribution >= 0.6 is 23.2 Å². The van der Waals surface area contributed by atoms with Crippen LogP contribution < -0.4 is 5.32 Å². The molecular weight excluding hydrogens is 513 g/mol. The Morgan fingerprint density at radius 1 is 1.11 bits per heavy atom. The summed E-state index contributed by atoms with van der Waals surface area (Å²) in [5, 5.41) is 3.53. The van der Waals surface area contributed by atoms with E-state index in [1.165, 1.54) is 29.2 Å². The molecule has 1 aliphatic rings. The van der Waals surface area contributed by atoms with Crippen LogP contribution in [0.1, 0.15) is 43.1 Å². The van der Waals surface area contributed by atoms with Gasteiger partial charge in [-0.25, -0.2) is 12.7 Å². The molecule has 0 saturated heterocycles. The highest BCUT2D eigenvalue weighted by atomic mass is 35.5. The lowest BCUT2D eigenvalue weighted by Crippen LogP contribution is -2.52. The second-order valence-corrected chi connectivity index (χ2v) is 11.3. The Morgan fingerprint density at radius 3 is 2.40 bits per heavy atom. The molecule has 0 radical (unpaired) electrons. The van der Waals surface area contributed by atoms with Crippen molar-refractivity contribution in [1.29, 1.82) is 0 Å². The number of hydrogen-bond acceptors (Lipinski definition) is 5. The zero-order chi connectivity index (χ0) is 25.9. The van der Waals surface area contributed by atoms with Gasteiger partial charge in [0.2, 0.25) is 11.8 Å². The number of rotatable bonds is 9. The van der Waals surface area contributed by atoms with Crippen molar-refractivity contribution >= 4 is 50.9 Å². The van der Waals surface area contributed by atoms with Crippen molar-refractivity contribution in [3.8, 4) is 0 Å². The molecule has 1 unspecified atom stereocenters. The maximum atomic E-state index is 13.5. The number of carbonyl (C=O) groups excluding carboxylic acids is 3. The first-order chi connectivity index (χ1) is 16.5. The normalized spacial score (nSPS) is 15.1. The molecule has 3 amide bonds. The molecule has 2 aromatic carbocycles. The van der Waals surface area contributed by atoms with Gasteiger partial charge in [0.05, 0.1) is 5.56 Å². The summed E-state index contributed by atoms with van der Waals surface area (Å²) in [5.41, 5.74) is 0.535. The van der Waals surface area contributed by atoms with Crippen LogP contribution in [-0.2, 0) is 26.2 Å². The molecule has 0 bridgehead atoms. The minimum absolute atomic E-state index is 0.00862. The van der Waals surface area contributed by atoms with Crippen LogP contribution in [0.4, 0.5) is 0 Å². The van der Waals surface area contributed by atoms with Gasteiger partial charge in [0.15, 0.2) is 0 Å². The summed E-state index contributed by atoms with van der Waals surface area (Å²) in [6.07, 6.45) is 0.266. The van der Waals surface area contributed by atoms with Crippen LogP contribution in [0, 0.1) is 5.92 Å². The van der Waals surface area contributed by atoms with E-state index in [1.54, 1.807) is 25.1 Å². The van der Waals surface area contributed by atoms with Crippen molar-refractivity contribution in [3.05, 3.63) is 63.6 Å². The van der Waals surface area contributed by atoms with Gasteiger partial charge in [-0.2, -0.15) is 0 Å². The molecule has 0 saturated carbocycles. The van der Waals surface area contributed by atoms with Crippen LogP contribution in [0.3, 0.4) is 0 Å². The maximum Gasteiger partial charge on any atom is 0.269 e. The van der Waals surface area contributed by atoms with Crippen molar-refractivity contribution in [2.45, 2.75) is 44.7 Å². The third-order valence-corrected chi connectivity index (χ3v) is 7.99. The topological polar surface area (TPSA) is 104 Å². The molecule has 3 rings (SSSR count). The van der Waals surface area contributed by atoms with Gasteiger partial charge in [-0.05, 0) is 42.2 Å². The van der Waals surface area contributed by atoms with Gasteiger partial charge in [0.1, 0.15) is 17.5 Å². The largest absolute Gasteiger partial charge is 0.354 e. The van der Waals surface area contributed by atoms with E-state index in [2.05, 4.69) is 5.32 Å². The SMILES string of the molecule is CCC(C(=O)NCC(C)C)N(Cc1ccc(Cl)cc1Cl)C(=O)CN1C(=O)c2ccccc2S1(=O)=O. The lowest BCUT2D eigenvalue weighted by atomic mass is 10.1. The molecule has 188 valence electrons. The van der Waals surface area contributed by atoms with E-state index < -0.39 is 34.4 Å². The summed E-state index contributed by atoms with van der Waals surface area (Å²) in [4.78, 5) is 40.5. The molecule has 0 spiro atoms. The number of nitrogens with one attached hydrogen (secondary N) is 1. The molecule has 0 aliphatic carbocycles. The van der Waals surface area contributed by atoms with Crippen molar-refractivity contribution in [1.82, 2.24) is 14.5 Å². The van der Waals surface area contributed by atoms with Gasteiger partial charge >= 0.3 is 0 Å². The fourth-order valence-corrected chi connectivity index (χ4v) is 5.76. The molecule has 2 aromatic rings. The molecule has 1 atom stereocenters. The van der Waals surface area contributed by atoms with E-state index in [9.17, 15) is 22.8 Å². The van der Waals surface area contributed by atoms with E-state index in [0.717, 1.165) is 0 Å². The summed E-state index contributed by atoms with van der Waals surface area (Å²) in [6, 6.07) is 9.65. The maximum absolute atomic E-state index is 13.5. The zero-order valence-electron chi connectivity index (χ0n) is 19.6. The lowest BCUT2D eigenvalue weighted by Gasteiger charge is -2.32. The predicted octanol–water partition coefficient (Wildman–Crippen LogP) is 3.72. The molecule has 1 heterocycles. The zero-order valence-corrected chi connectivity index (χ0v) is 22.0. The van der Waals surface area contributed by atoms with E-state index >= 15 is 0 Å². The van der Waals surface area contributed by atoms with Crippen LogP contribution in [0.25, 0.3) is 0 Å². The standard InChI is InChI=1S/C24H27Cl2N3O5S/c1-4-20(23(31)27-12-15(2)3)28(13-16-9-10-17(25)11-19(16)26)22(30)14-29-24(32)18-7-5-6-8-21(18)35(29,33)34/h5-11,15,20H,4,12-14H2,1-3H3,(H,27,31). The van der Waals surface area contributed by atoms with Gasteiger partial charge < -0.3 is 10.2 Å². The smallest absolute Gasteiger partial charge is 0.269 e. The van der Waals surface area contributed by atoms with Crippen molar-refractivity contribution in [2.75, 3.05) is 13.1 Å². The first kappa shape index (κ1) is 27.0. The summed E-state index contributed by atoms with van der Waals surface area (Å²) in [5.74, 6) is -1.67. The third kappa shape index (κ3) is 5.79. The second kappa shape index (κ2) is 11.0. The number of benzene rings is 2. The Bertz CT molecular complexity index is 1250. The molecule has 11 heteroatoms. The lowest BCUT2D eigenvalue weighted by molar-refractivity contribution is -0.141. The summed E-state index contributed by atoms with van der Waals surface area (Å²) in [7, 11) is -4.19. The average Bonchev–Trinajstić information content (AvgIpc) is 2.99. The van der Waals surface area contributed by atoms with Crippen LogP contribution in [-0.4, -0.2) is 54.5 Å². The van der Waals surface area contributed by atoms with Crippen molar-refractivity contribution < 1.29 is 22.8 Å². The first-order valence-corrected chi connectivity index (χ1v) is 13.3. The Hall–Kier alpha value is -2.62. The Morgan fingerprint density at radius 2 is 1.80 bits per heavy atom. The molecular formula is C24H27Cl2N3O5S. The second-order valence-electron chi connectivity index (χ2n) is 8.63. The van der Waals surface area contributed by atoms with Crippen LogP contribution in [0.15, 0.2) is 47.4 Å². The van der Waals surface area contributed by atoms with E-state index in [4.69, 9.17) is 23.2 Å². The van der Waals surface area contributed by atoms with E-state index in [1.807, 2.05) is 13.8 Å². The number of hydrogen-bond donors (Lipinski definition) is 1. The molecule has 0 aromatic heterocycles. The Kier molecular flexibility index (Phi) is 8.46. The monoisotopic (exact) mass is 539 g/mol. The molecule has 1 N–H and O–H groups in total. The number of halogens is 2.